The third-order valence-electron chi connectivity index (χ3n) is 4.24. The highest BCUT2D eigenvalue weighted by Gasteiger charge is 2.15. The Morgan fingerprint density at radius 2 is 2.04 bits per heavy atom. The summed E-state index contributed by atoms with van der Waals surface area (Å²) in [5.74, 6) is -0.386. The minimum Gasteiger partial charge on any atom is -0.296 e. The summed E-state index contributed by atoms with van der Waals surface area (Å²) >= 11 is 7.65. The van der Waals surface area contributed by atoms with Gasteiger partial charge in [0, 0.05) is 28.9 Å². The van der Waals surface area contributed by atoms with Crippen molar-refractivity contribution in [3.8, 4) is 0 Å². The van der Waals surface area contributed by atoms with E-state index in [0.717, 1.165) is 29.0 Å². The molecule has 0 saturated heterocycles. The number of carbonyl (C=O) groups excluding carboxylic acids is 1. The van der Waals surface area contributed by atoms with Gasteiger partial charge in [0.15, 0.2) is 5.13 Å². The predicted octanol–water partition coefficient (Wildman–Crippen LogP) is 4.30. The molecule has 2 heterocycles. The van der Waals surface area contributed by atoms with Gasteiger partial charge in [0.25, 0.3) is 11.5 Å². The molecule has 146 valence electrons. The number of hydrogen-bond donors (Lipinski definition) is 1. The van der Waals surface area contributed by atoms with E-state index in [1.54, 1.807) is 0 Å². The van der Waals surface area contributed by atoms with Crippen molar-refractivity contribution < 1.29 is 4.79 Å². The van der Waals surface area contributed by atoms with Crippen molar-refractivity contribution in [1.29, 1.82) is 0 Å². The average Bonchev–Trinajstić information content (AvgIpc) is 3.01. The van der Waals surface area contributed by atoms with E-state index >= 15 is 0 Å². The Morgan fingerprint density at radius 1 is 1.25 bits per heavy atom. The molecule has 1 N–H and O–H groups in total. The smallest absolute Gasteiger partial charge is 0.277 e. The number of aryl methyl sites for hydroxylation is 2. The molecule has 0 aliphatic rings. The number of nitrogens with zero attached hydrogens (tertiary/aromatic N) is 3. The van der Waals surface area contributed by atoms with Gasteiger partial charge in [-0.25, -0.2) is 9.67 Å². The van der Waals surface area contributed by atoms with Gasteiger partial charge in [-0.3, -0.25) is 14.9 Å². The minimum atomic E-state index is -0.386. The molecule has 6 nitrogen and oxygen atoms in total. The van der Waals surface area contributed by atoms with E-state index in [2.05, 4.69) is 15.4 Å². The molecule has 1 amide bonds. The molecule has 0 fully saturated rings. The second kappa shape index (κ2) is 9.12. The van der Waals surface area contributed by atoms with Crippen molar-refractivity contribution in [2.45, 2.75) is 39.7 Å². The molecule has 0 saturated carbocycles. The summed E-state index contributed by atoms with van der Waals surface area (Å²) in [5.41, 5.74) is 1.84. The summed E-state index contributed by atoms with van der Waals surface area (Å²) in [6.45, 7) is 4.43. The summed E-state index contributed by atoms with van der Waals surface area (Å²) < 4.78 is 1.33. The zero-order valence-electron chi connectivity index (χ0n) is 15.7. The van der Waals surface area contributed by atoms with Crippen molar-refractivity contribution in [3.63, 3.8) is 0 Å². The molecule has 0 spiro atoms. The maximum atomic E-state index is 12.5. The zero-order chi connectivity index (χ0) is 20.1. The molecule has 28 heavy (non-hydrogen) atoms. The lowest BCUT2D eigenvalue weighted by atomic mass is 10.1. The summed E-state index contributed by atoms with van der Waals surface area (Å²) in [4.78, 5) is 29.9. The number of halogens is 1. The van der Waals surface area contributed by atoms with E-state index in [1.807, 2.05) is 38.1 Å². The first kappa shape index (κ1) is 20.2. The highest BCUT2D eigenvalue weighted by molar-refractivity contribution is 7.15. The molecule has 3 rings (SSSR count). The van der Waals surface area contributed by atoms with Gasteiger partial charge in [-0.05, 0) is 31.0 Å². The molecule has 0 aliphatic heterocycles. The SMILES string of the molecule is CCCCn1nc(C(=O)Nc2nc(C)c(Cc3ccccc3Cl)s2)ccc1=O. The molecule has 8 heteroatoms. The first-order chi connectivity index (χ1) is 13.5. The van der Waals surface area contributed by atoms with Crippen LogP contribution < -0.4 is 10.9 Å². The summed E-state index contributed by atoms with van der Waals surface area (Å²) in [5, 5.41) is 8.15. The zero-order valence-corrected chi connectivity index (χ0v) is 17.3. The standard InChI is InChI=1S/C20H21ClN4O2S/c1-3-4-11-25-18(26)10-9-16(24-25)19(27)23-20-22-13(2)17(28-20)12-14-7-5-6-8-15(14)21/h5-10H,3-4,11-12H2,1-2H3,(H,22,23,27). The molecule has 0 radical (unpaired) electrons. The van der Waals surface area contributed by atoms with Gasteiger partial charge in [-0.15, -0.1) is 11.3 Å². The second-order valence-corrected chi connectivity index (χ2v) is 7.87. The molecule has 2 aromatic heterocycles. The van der Waals surface area contributed by atoms with Crippen LogP contribution in [-0.4, -0.2) is 20.7 Å². The van der Waals surface area contributed by atoms with Crippen LogP contribution in [0.25, 0.3) is 0 Å². The van der Waals surface area contributed by atoms with E-state index in [9.17, 15) is 9.59 Å². The summed E-state index contributed by atoms with van der Waals surface area (Å²) in [7, 11) is 0. The number of carbonyl (C=O) groups is 1. The third kappa shape index (κ3) is 4.85. The molecule has 0 unspecified atom stereocenters. The van der Waals surface area contributed by atoms with Gasteiger partial charge < -0.3 is 0 Å². The number of amides is 1. The second-order valence-electron chi connectivity index (χ2n) is 6.38. The minimum absolute atomic E-state index is 0.191. The van der Waals surface area contributed by atoms with Crippen molar-refractivity contribution in [3.05, 3.63) is 73.6 Å². The molecule has 0 aliphatic carbocycles. The van der Waals surface area contributed by atoms with Crippen LogP contribution in [0.5, 0.6) is 0 Å². The van der Waals surface area contributed by atoms with Crippen molar-refractivity contribution in [2.24, 2.45) is 0 Å². The fourth-order valence-corrected chi connectivity index (χ4v) is 3.84. The first-order valence-corrected chi connectivity index (χ1v) is 10.3. The van der Waals surface area contributed by atoms with Crippen molar-refractivity contribution in [2.75, 3.05) is 5.32 Å². The number of aromatic nitrogens is 3. The Kier molecular flexibility index (Phi) is 6.59. The maximum Gasteiger partial charge on any atom is 0.277 e. The number of nitrogens with one attached hydrogen (secondary N) is 1. The average molecular weight is 417 g/mol. The predicted molar refractivity (Wildman–Crippen MR) is 112 cm³/mol. The fraction of sp³-hybridized carbons (Fsp3) is 0.300. The lowest BCUT2D eigenvalue weighted by Crippen LogP contribution is -2.26. The lowest BCUT2D eigenvalue weighted by Gasteiger charge is -2.06. The first-order valence-electron chi connectivity index (χ1n) is 9.07. The van der Waals surface area contributed by atoms with Gasteiger partial charge in [-0.1, -0.05) is 43.1 Å². The Balaban J connectivity index is 1.75. The van der Waals surface area contributed by atoms with Crippen LogP contribution in [0.4, 0.5) is 5.13 Å². The van der Waals surface area contributed by atoms with Gasteiger partial charge in [0.05, 0.1) is 5.69 Å². The molecular weight excluding hydrogens is 396 g/mol. The van der Waals surface area contributed by atoms with Crippen LogP contribution >= 0.6 is 22.9 Å². The fourth-order valence-electron chi connectivity index (χ4n) is 2.66. The van der Waals surface area contributed by atoms with E-state index in [1.165, 1.54) is 28.2 Å². The maximum absolute atomic E-state index is 12.5. The normalized spacial score (nSPS) is 10.8. The molecule has 0 atom stereocenters. The van der Waals surface area contributed by atoms with Crippen LogP contribution in [-0.2, 0) is 13.0 Å². The number of hydrogen-bond acceptors (Lipinski definition) is 5. The lowest BCUT2D eigenvalue weighted by molar-refractivity contribution is 0.101. The highest BCUT2D eigenvalue weighted by atomic mass is 35.5. The van der Waals surface area contributed by atoms with Crippen LogP contribution in [0.2, 0.25) is 5.02 Å². The number of thiazole rings is 1. The van der Waals surface area contributed by atoms with E-state index in [0.29, 0.717) is 23.1 Å². The van der Waals surface area contributed by atoms with Gasteiger partial charge >= 0.3 is 0 Å². The summed E-state index contributed by atoms with van der Waals surface area (Å²) in [6, 6.07) is 10.5. The van der Waals surface area contributed by atoms with E-state index < -0.39 is 0 Å². The van der Waals surface area contributed by atoms with Gasteiger partial charge in [-0.2, -0.15) is 5.10 Å². The van der Waals surface area contributed by atoms with Gasteiger partial charge in [0.1, 0.15) is 5.69 Å². The highest BCUT2D eigenvalue weighted by Crippen LogP contribution is 2.27. The quantitative estimate of drug-likeness (QED) is 0.622. The Labute approximate surface area is 172 Å². The van der Waals surface area contributed by atoms with Crippen molar-refractivity contribution >= 4 is 34.0 Å². The number of unbranched alkanes of at least 4 members (excludes halogenated alkanes) is 1. The largest absolute Gasteiger partial charge is 0.296 e. The Hall–Kier alpha value is -2.51. The molecule has 1 aromatic carbocycles. The van der Waals surface area contributed by atoms with E-state index in [4.69, 9.17) is 11.6 Å². The number of rotatable bonds is 7. The van der Waals surface area contributed by atoms with E-state index in [-0.39, 0.29) is 17.2 Å². The molecule has 0 bridgehead atoms. The van der Waals surface area contributed by atoms with Crippen LogP contribution in [0, 0.1) is 6.92 Å². The van der Waals surface area contributed by atoms with Crippen LogP contribution in [0.3, 0.4) is 0 Å². The number of benzene rings is 1. The third-order valence-corrected chi connectivity index (χ3v) is 5.69. The topological polar surface area (TPSA) is 76.9 Å². The van der Waals surface area contributed by atoms with Gasteiger partial charge in [0.2, 0.25) is 0 Å². The monoisotopic (exact) mass is 416 g/mol. The molecule has 3 aromatic rings. The molecular formula is C20H21ClN4O2S. The van der Waals surface area contributed by atoms with Crippen molar-refractivity contribution in [1.82, 2.24) is 14.8 Å². The van der Waals surface area contributed by atoms with Crippen LogP contribution in [0.1, 0.15) is 46.4 Å². The Bertz CT molecular complexity index is 1040. The number of anilines is 1. The Morgan fingerprint density at radius 3 is 2.79 bits per heavy atom. The summed E-state index contributed by atoms with van der Waals surface area (Å²) in [6.07, 6.45) is 2.42. The van der Waals surface area contributed by atoms with Crippen LogP contribution in [0.15, 0.2) is 41.2 Å².